The quantitative estimate of drug-likeness (QED) is 0.363. The van der Waals surface area contributed by atoms with E-state index in [4.69, 9.17) is 9.47 Å². The summed E-state index contributed by atoms with van der Waals surface area (Å²) < 4.78 is 11.1. The molecule has 0 aliphatic carbocycles. The van der Waals surface area contributed by atoms with E-state index in [0.717, 1.165) is 21.5 Å². The van der Waals surface area contributed by atoms with E-state index in [1.165, 1.54) is 0 Å². The van der Waals surface area contributed by atoms with Gasteiger partial charge in [-0.3, -0.25) is 9.59 Å². The molecule has 0 bridgehead atoms. The van der Waals surface area contributed by atoms with Gasteiger partial charge in [0, 0.05) is 13.1 Å². The van der Waals surface area contributed by atoms with Gasteiger partial charge in [0.1, 0.15) is 11.5 Å². The monoisotopic (exact) mass is 442 g/mol. The second-order valence-corrected chi connectivity index (χ2v) is 7.65. The molecule has 6 nitrogen and oxygen atoms in total. The number of amides is 2. The predicted molar refractivity (Wildman–Crippen MR) is 130 cm³/mol. The number of carbonyl (C=O) groups excluding carboxylic acids is 2. The average molecular weight is 443 g/mol. The van der Waals surface area contributed by atoms with E-state index in [9.17, 15) is 9.59 Å². The third-order valence-corrected chi connectivity index (χ3v) is 5.18. The molecule has 4 aromatic carbocycles. The third-order valence-electron chi connectivity index (χ3n) is 5.18. The van der Waals surface area contributed by atoms with Gasteiger partial charge >= 0.3 is 0 Å². The van der Waals surface area contributed by atoms with E-state index in [2.05, 4.69) is 10.6 Å². The van der Waals surface area contributed by atoms with Gasteiger partial charge in [-0.25, -0.2) is 0 Å². The van der Waals surface area contributed by atoms with Crippen molar-refractivity contribution in [1.29, 1.82) is 0 Å². The van der Waals surface area contributed by atoms with Crippen molar-refractivity contribution < 1.29 is 19.1 Å². The second-order valence-electron chi connectivity index (χ2n) is 7.65. The first-order valence-electron chi connectivity index (χ1n) is 10.9. The van der Waals surface area contributed by atoms with Crippen LogP contribution in [-0.2, 0) is 9.59 Å². The van der Waals surface area contributed by atoms with Crippen molar-refractivity contribution in [2.45, 2.75) is 6.42 Å². The van der Waals surface area contributed by atoms with Crippen LogP contribution in [0, 0.1) is 0 Å². The van der Waals surface area contributed by atoms with Crippen LogP contribution in [0.2, 0.25) is 0 Å². The van der Waals surface area contributed by atoms with Crippen LogP contribution in [0.15, 0.2) is 84.9 Å². The lowest BCUT2D eigenvalue weighted by molar-refractivity contribution is -0.123. The molecule has 0 saturated carbocycles. The Hall–Kier alpha value is -4.06. The van der Waals surface area contributed by atoms with Gasteiger partial charge < -0.3 is 20.1 Å². The average Bonchev–Trinajstić information content (AvgIpc) is 2.85. The zero-order valence-electron chi connectivity index (χ0n) is 18.3. The number of hydrogen-bond acceptors (Lipinski definition) is 4. The minimum Gasteiger partial charge on any atom is -0.484 e. The topological polar surface area (TPSA) is 76.7 Å². The minimum absolute atomic E-state index is 0.0513. The van der Waals surface area contributed by atoms with Crippen molar-refractivity contribution in [3.8, 4) is 11.5 Å². The Labute approximate surface area is 192 Å². The van der Waals surface area contributed by atoms with Crippen LogP contribution in [0.1, 0.15) is 6.42 Å². The van der Waals surface area contributed by atoms with E-state index in [1.54, 1.807) is 0 Å². The van der Waals surface area contributed by atoms with Gasteiger partial charge in [-0.1, -0.05) is 60.7 Å². The van der Waals surface area contributed by atoms with Crippen LogP contribution < -0.4 is 20.1 Å². The summed E-state index contributed by atoms with van der Waals surface area (Å²) in [5.74, 6) is 0.910. The maximum atomic E-state index is 12.0. The molecule has 168 valence electrons. The van der Waals surface area contributed by atoms with E-state index in [0.29, 0.717) is 31.0 Å². The summed E-state index contributed by atoms with van der Waals surface area (Å²) in [5.41, 5.74) is 0. The summed E-state index contributed by atoms with van der Waals surface area (Å²) in [6, 6.07) is 27.4. The molecule has 4 aromatic rings. The normalized spacial score (nSPS) is 10.7. The lowest BCUT2D eigenvalue weighted by Crippen LogP contribution is -2.34. The molecule has 0 spiro atoms. The van der Waals surface area contributed by atoms with E-state index >= 15 is 0 Å². The van der Waals surface area contributed by atoms with Crippen LogP contribution in [0.3, 0.4) is 0 Å². The van der Waals surface area contributed by atoms with Gasteiger partial charge in [0.25, 0.3) is 11.8 Å². The number of carbonyl (C=O) groups is 2. The molecule has 2 N–H and O–H groups in total. The first kappa shape index (κ1) is 22.1. The van der Waals surface area contributed by atoms with E-state index in [1.807, 2.05) is 84.9 Å². The van der Waals surface area contributed by atoms with Gasteiger partial charge in [-0.15, -0.1) is 0 Å². The Bertz CT molecular complexity index is 1160. The van der Waals surface area contributed by atoms with Crippen LogP contribution in [0.5, 0.6) is 11.5 Å². The molecule has 0 aromatic heterocycles. The van der Waals surface area contributed by atoms with Gasteiger partial charge in [0.05, 0.1) is 0 Å². The highest BCUT2D eigenvalue weighted by molar-refractivity contribution is 5.85. The molecule has 0 heterocycles. The summed E-state index contributed by atoms with van der Waals surface area (Å²) in [4.78, 5) is 24.0. The third kappa shape index (κ3) is 6.46. The molecule has 0 radical (unpaired) electrons. The van der Waals surface area contributed by atoms with Gasteiger partial charge in [-0.2, -0.15) is 0 Å². The highest BCUT2D eigenvalue weighted by atomic mass is 16.5. The molecular formula is C27H26N2O4. The fourth-order valence-corrected chi connectivity index (χ4v) is 3.46. The molecule has 0 aliphatic heterocycles. The molecule has 6 heteroatoms. The molecule has 0 atom stereocenters. The van der Waals surface area contributed by atoms with Crippen molar-refractivity contribution in [1.82, 2.24) is 10.6 Å². The Morgan fingerprint density at radius 3 is 1.45 bits per heavy atom. The highest BCUT2D eigenvalue weighted by Gasteiger charge is 2.05. The standard InChI is InChI=1S/C27H26N2O4/c30-26(18-32-24-12-10-20-6-1-3-8-22(20)16-24)28-14-5-15-29-27(31)19-33-25-13-11-21-7-2-4-9-23(21)17-25/h1-4,6-13,16-17H,5,14-15,18-19H2,(H,28,30)(H,29,31). The summed E-state index contributed by atoms with van der Waals surface area (Å²) >= 11 is 0. The van der Waals surface area contributed by atoms with Crippen molar-refractivity contribution in [2.24, 2.45) is 0 Å². The van der Waals surface area contributed by atoms with Crippen LogP contribution in [-0.4, -0.2) is 38.1 Å². The highest BCUT2D eigenvalue weighted by Crippen LogP contribution is 2.21. The van der Waals surface area contributed by atoms with Gasteiger partial charge in [0.15, 0.2) is 13.2 Å². The summed E-state index contributed by atoms with van der Waals surface area (Å²) in [7, 11) is 0. The molecule has 0 fully saturated rings. The Balaban J connectivity index is 1.09. The second kappa shape index (κ2) is 11.0. The van der Waals surface area contributed by atoms with E-state index in [-0.39, 0.29) is 25.0 Å². The first-order valence-corrected chi connectivity index (χ1v) is 10.9. The fraction of sp³-hybridized carbons (Fsp3) is 0.185. The zero-order chi connectivity index (χ0) is 22.9. The Kier molecular flexibility index (Phi) is 7.38. The minimum atomic E-state index is -0.200. The van der Waals surface area contributed by atoms with Crippen LogP contribution in [0.4, 0.5) is 0 Å². The number of rotatable bonds is 10. The number of benzene rings is 4. The molecule has 2 amide bonds. The number of hydrogen-bond donors (Lipinski definition) is 2. The van der Waals surface area contributed by atoms with Crippen molar-refractivity contribution in [3.05, 3.63) is 84.9 Å². The van der Waals surface area contributed by atoms with Crippen LogP contribution in [0.25, 0.3) is 21.5 Å². The summed E-state index contributed by atoms with van der Waals surface area (Å²) in [6.45, 7) is 0.798. The maximum absolute atomic E-state index is 12.0. The van der Waals surface area contributed by atoms with Crippen molar-refractivity contribution in [2.75, 3.05) is 26.3 Å². The fourth-order valence-electron chi connectivity index (χ4n) is 3.46. The van der Waals surface area contributed by atoms with E-state index < -0.39 is 0 Å². The molecule has 33 heavy (non-hydrogen) atoms. The summed E-state index contributed by atoms with van der Waals surface area (Å²) in [5, 5.41) is 9.96. The van der Waals surface area contributed by atoms with Crippen molar-refractivity contribution in [3.63, 3.8) is 0 Å². The summed E-state index contributed by atoms with van der Waals surface area (Å²) in [6.07, 6.45) is 0.615. The maximum Gasteiger partial charge on any atom is 0.257 e. The predicted octanol–water partition coefficient (Wildman–Crippen LogP) is 4.07. The smallest absolute Gasteiger partial charge is 0.257 e. The lowest BCUT2D eigenvalue weighted by atomic mass is 10.1. The van der Waals surface area contributed by atoms with Crippen molar-refractivity contribution >= 4 is 33.4 Å². The lowest BCUT2D eigenvalue weighted by Gasteiger charge is -2.10. The van der Waals surface area contributed by atoms with Gasteiger partial charge in [0.2, 0.25) is 0 Å². The molecule has 0 saturated heterocycles. The Morgan fingerprint density at radius 2 is 1.00 bits per heavy atom. The number of ether oxygens (including phenoxy) is 2. The number of fused-ring (bicyclic) bond motifs is 2. The molecule has 0 aliphatic rings. The zero-order valence-corrected chi connectivity index (χ0v) is 18.3. The van der Waals surface area contributed by atoms with Gasteiger partial charge in [-0.05, 0) is 52.2 Å². The number of nitrogens with one attached hydrogen (secondary N) is 2. The van der Waals surface area contributed by atoms with Crippen LogP contribution >= 0.6 is 0 Å². The SMILES string of the molecule is O=C(COc1ccc2ccccc2c1)NCCCNC(=O)COc1ccc2ccccc2c1. The Morgan fingerprint density at radius 1 is 0.576 bits per heavy atom. The molecular weight excluding hydrogens is 416 g/mol. The largest absolute Gasteiger partial charge is 0.484 e. The first-order chi connectivity index (χ1) is 16.2. The molecule has 4 rings (SSSR count). The molecule has 0 unspecified atom stereocenters.